The lowest BCUT2D eigenvalue weighted by Crippen LogP contribution is -2.26. The van der Waals surface area contributed by atoms with Crippen LogP contribution >= 0.6 is 22.7 Å². The van der Waals surface area contributed by atoms with Gasteiger partial charge < -0.3 is 0 Å². The number of hydrogen-bond donors (Lipinski definition) is 0. The predicted molar refractivity (Wildman–Crippen MR) is 261 cm³/mol. The fraction of sp³-hybridized carbons (Fsp3) is 0.298. The molecule has 0 saturated carbocycles. The van der Waals surface area contributed by atoms with Crippen molar-refractivity contribution in [2.24, 2.45) is 0 Å². The molecule has 6 heteroatoms. The molecule has 3 aliphatic carbocycles. The molecular formula is C57H50N4S2. The smallest absolute Gasteiger partial charge is 0.138 e. The fourth-order valence-electron chi connectivity index (χ4n) is 10.8. The fourth-order valence-corrected chi connectivity index (χ4v) is 12.2. The van der Waals surface area contributed by atoms with Gasteiger partial charge in [0.05, 0.1) is 0 Å². The largest absolute Gasteiger partial charge is 0.192 e. The van der Waals surface area contributed by atoms with Crippen LogP contribution in [0.5, 0.6) is 0 Å². The van der Waals surface area contributed by atoms with Gasteiger partial charge in [0.25, 0.3) is 0 Å². The van der Waals surface area contributed by atoms with Gasteiger partial charge in [0.2, 0.25) is 0 Å². The van der Waals surface area contributed by atoms with E-state index in [-0.39, 0.29) is 16.6 Å². The van der Waals surface area contributed by atoms with E-state index < -0.39 is 0 Å². The van der Waals surface area contributed by atoms with Gasteiger partial charge >= 0.3 is 0 Å². The molecule has 0 amide bonds. The molecule has 3 aliphatic rings. The van der Waals surface area contributed by atoms with Gasteiger partial charge in [0, 0.05) is 26.3 Å². The Balaban J connectivity index is 1.28. The second kappa shape index (κ2) is 18.2. The SMILES string of the molecule is CCCCCCCCC1(CCCCCCCC)c2cc3c(cc2-c2cc4c(cc21)-c1ccc(-c2cccs2)cc1C4=C(C#N)C#N)C(=C(C#N)C#N)c1cc(-c2cccs2)ccc1-3. The van der Waals surface area contributed by atoms with Crippen LogP contribution in [0.3, 0.4) is 0 Å². The second-order valence-electron chi connectivity index (χ2n) is 17.4. The van der Waals surface area contributed by atoms with E-state index >= 15 is 0 Å². The van der Waals surface area contributed by atoms with E-state index in [9.17, 15) is 21.0 Å². The van der Waals surface area contributed by atoms with Crippen molar-refractivity contribution in [2.75, 3.05) is 0 Å². The van der Waals surface area contributed by atoms with Gasteiger partial charge in [-0.15, -0.1) is 22.7 Å². The highest BCUT2D eigenvalue weighted by molar-refractivity contribution is 7.13. The van der Waals surface area contributed by atoms with E-state index in [1.165, 1.54) is 75.3 Å². The van der Waals surface area contributed by atoms with Gasteiger partial charge in [0.15, 0.2) is 0 Å². The normalized spacial score (nSPS) is 13.2. The average molecular weight is 855 g/mol. The van der Waals surface area contributed by atoms with E-state index in [0.29, 0.717) is 11.1 Å². The predicted octanol–water partition coefficient (Wildman–Crippen LogP) is 16.6. The summed E-state index contributed by atoms with van der Waals surface area (Å²) in [5.41, 5.74) is 16.4. The number of nitriles is 4. The Hall–Kier alpha value is -6.28. The molecule has 0 radical (unpaired) electrons. The molecule has 0 saturated heterocycles. The van der Waals surface area contributed by atoms with Crippen molar-refractivity contribution in [2.45, 2.75) is 109 Å². The van der Waals surface area contributed by atoms with E-state index in [2.05, 4.69) is 134 Å². The zero-order chi connectivity index (χ0) is 43.5. The molecule has 9 rings (SSSR count). The Morgan fingerprint density at radius 1 is 0.429 bits per heavy atom. The third-order valence-electron chi connectivity index (χ3n) is 13.8. The number of unbranched alkanes of at least 4 members (excludes halogenated alkanes) is 10. The topological polar surface area (TPSA) is 95.2 Å². The van der Waals surface area contributed by atoms with Crippen molar-refractivity contribution < 1.29 is 0 Å². The first-order valence-corrected chi connectivity index (χ1v) is 24.6. The average Bonchev–Trinajstić information content (AvgIpc) is 4.17. The summed E-state index contributed by atoms with van der Waals surface area (Å²) in [5.74, 6) is 0. The number of rotatable bonds is 16. The maximum Gasteiger partial charge on any atom is 0.138 e. The zero-order valence-electron chi connectivity index (χ0n) is 36.2. The van der Waals surface area contributed by atoms with Gasteiger partial charge in [-0.2, -0.15) is 21.0 Å². The molecule has 0 aliphatic heterocycles. The summed E-state index contributed by atoms with van der Waals surface area (Å²) < 4.78 is 0. The van der Waals surface area contributed by atoms with Crippen LogP contribution in [0.2, 0.25) is 0 Å². The third-order valence-corrected chi connectivity index (χ3v) is 15.6. The zero-order valence-corrected chi connectivity index (χ0v) is 37.9. The van der Waals surface area contributed by atoms with E-state index in [4.69, 9.17) is 0 Å². The van der Waals surface area contributed by atoms with Gasteiger partial charge in [-0.05, 0) is 150 Å². The number of hydrogen-bond acceptors (Lipinski definition) is 6. The van der Waals surface area contributed by atoms with Crippen LogP contribution in [0.4, 0.5) is 0 Å². The molecule has 4 aromatic carbocycles. The monoisotopic (exact) mass is 854 g/mol. The van der Waals surface area contributed by atoms with Crippen molar-refractivity contribution in [3.63, 3.8) is 0 Å². The number of fused-ring (bicyclic) bond motifs is 9. The molecule has 0 N–H and O–H groups in total. The second-order valence-corrected chi connectivity index (χ2v) is 19.3. The maximum absolute atomic E-state index is 10.5. The lowest BCUT2D eigenvalue weighted by atomic mass is 9.69. The number of nitrogens with zero attached hydrogens (tertiary/aromatic N) is 4. The molecule has 63 heavy (non-hydrogen) atoms. The van der Waals surface area contributed by atoms with Crippen LogP contribution in [-0.2, 0) is 5.41 Å². The van der Waals surface area contributed by atoms with Crippen LogP contribution in [0.1, 0.15) is 137 Å². The van der Waals surface area contributed by atoms with Crippen molar-refractivity contribution in [1.82, 2.24) is 0 Å². The summed E-state index contributed by atoms with van der Waals surface area (Å²) in [5, 5.41) is 46.1. The van der Waals surface area contributed by atoms with Gasteiger partial charge in [-0.25, -0.2) is 0 Å². The van der Waals surface area contributed by atoms with Gasteiger partial charge in [0.1, 0.15) is 35.4 Å². The van der Waals surface area contributed by atoms with E-state index in [1.54, 1.807) is 22.7 Å². The molecule has 4 nitrogen and oxygen atoms in total. The first-order chi connectivity index (χ1) is 31.0. The van der Waals surface area contributed by atoms with Crippen LogP contribution in [0.15, 0.2) is 107 Å². The first-order valence-electron chi connectivity index (χ1n) is 22.8. The highest BCUT2D eigenvalue weighted by atomic mass is 32.1. The first kappa shape index (κ1) is 42.0. The Bertz CT molecular complexity index is 2730. The van der Waals surface area contributed by atoms with E-state index in [1.807, 2.05) is 0 Å². The van der Waals surface area contributed by atoms with Gasteiger partial charge in [-0.1, -0.05) is 127 Å². The summed E-state index contributed by atoms with van der Waals surface area (Å²) in [6.45, 7) is 4.54. The van der Waals surface area contributed by atoms with Crippen LogP contribution < -0.4 is 0 Å². The lowest BCUT2D eigenvalue weighted by molar-refractivity contribution is 0.398. The molecule has 0 fully saturated rings. The number of benzene rings is 4. The number of allylic oxidation sites excluding steroid dienone is 2. The van der Waals surface area contributed by atoms with E-state index in [0.717, 1.165) is 102 Å². The summed E-state index contributed by atoms with van der Waals surface area (Å²) in [6, 6.07) is 39.9. The molecule has 0 spiro atoms. The highest BCUT2D eigenvalue weighted by Crippen LogP contribution is 2.61. The van der Waals surface area contributed by atoms with Crippen molar-refractivity contribution in [3.05, 3.63) is 140 Å². The summed E-state index contributed by atoms with van der Waals surface area (Å²) in [6.07, 6.45) is 16.6. The minimum absolute atomic E-state index is 0.116. The molecule has 310 valence electrons. The summed E-state index contributed by atoms with van der Waals surface area (Å²) >= 11 is 3.37. The number of thiophene rings is 2. The molecule has 0 atom stereocenters. The van der Waals surface area contributed by atoms with Crippen molar-refractivity contribution in [3.8, 4) is 78.5 Å². The van der Waals surface area contributed by atoms with Crippen LogP contribution in [0, 0.1) is 45.3 Å². The Morgan fingerprint density at radius 2 is 0.825 bits per heavy atom. The Kier molecular flexibility index (Phi) is 12.2. The Morgan fingerprint density at radius 3 is 1.21 bits per heavy atom. The van der Waals surface area contributed by atoms with Gasteiger partial charge in [-0.3, -0.25) is 0 Å². The third kappa shape index (κ3) is 7.37. The molecule has 2 aromatic heterocycles. The molecular weight excluding hydrogens is 805 g/mol. The summed E-state index contributed by atoms with van der Waals surface area (Å²) in [4.78, 5) is 2.29. The molecule has 0 unspecified atom stereocenters. The maximum atomic E-state index is 10.5. The minimum Gasteiger partial charge on any atom is -0.192 e. The van der Waals surface area contributed by atoms with Crippen molar-refractivity contribution >= 4 is 33.8 Å². The standard InChI is InChI=1S/C57H50N4S2/c1-3-5-7-9-11-13-23-57(24-14-12-10-8-6-4-2)51-31-43-41-21-19-37(53-17-15-25-62-53)27-47(41)55(39(33-58)34-59)49(43)29-45(51)46-30-50-44(32-52(46)57)42-22-20-38(54-18-16-26-63-54)28-48(42)56(50)40(35-60)36-61/h15-22,25-32H,3-14,23-24H2,1-2H3. The molecule has 2 heterocycles. The van der Waals surface area contributed by atoms with Crippen LogP contribution in [0.25, 0.3) is 65.4 Å². The highest BCUT2D eigenvalue weighted by Gasteiger charge is 2.46. The minimum atomic E-state index is -0.266. The Labute approximate surface area is 380 Å². The van der Waals surface area contributed by atoms with Crippen molar-refractivity contribution in [1.29, 1.82) is 21.0 Å². The van der Waals surface area contributed by atoms with Crippen LogP contribution in [-0.4, -0.2) is 0 Å². The summed E-state index contributed by atoms with van der Waals surface area (Å²) in [7, 11) is 0. The molecule has 6 aromatic rings. The molecule has 0 bridgehead atoms. The lowest BCUT2D eigenvalue weighted by Gasteiger charge is -2.33. The quantitative estimate of drug-likeness (QED) is 0.0714.